The maximum Gasteiger partial charge on any atom is 0.277 e. The van der Waals surface area contributed by atoms with Gasteiger partial charge in [-0.2, -0.15) is 5.10 Å². The Morgan fingerprint density at radius 1 is 1.19 bits per heavy atom. The Kier molecular flexibility index (Phi) is 6.27. The summed E-state index contributed by atoms with van der Waals surface area (Å²) in [6.07, 6.45) is 0. The molecule has 0 bridgehead atoms. The van der Waals surface area contributed by atoms with Gasteiger partial charge in [-0.25, -0.2) is 5.43 Å². The third-order valence-corrected chi connectivity index (χ3v) is 4.02. The fourth-order valence-corrected chi connectivity index (χ4v) is 2.41. The van der Waals surface area contributed by atoms with Crippen molar-refractivity contribution in [3.8, 4) is 11.5 Å². The Hall–Kier alpha value is -2.53. The first kappa shape index (κ1) is 19.8. The van der Waals surface area contributed by atoms with Gasteiger partial charge in [0, 0.05) is 10.6 Å². The fourth-order valence-electron chi connectivity index (χ4n) is 2.24. The van der Waals surface area contributed by atoms with Crippen LogP contribution in [-0.4, -0.2) is 23.3 Å². The number of aromatic hydroxyl groups is 1. The molecule has 0 aromatic heterocycles. The largest absolute Gasteiger partial charge is 0.507 e. The van der Waals surface area contributed by atoms with Crippen molar-refractivity contribution in [2.75, 3.05) is 6.61 Å². The molecular weight excluding hydrogens is 352 g/mol. The molecule has 0 unspecified atom stereocenters. The summed E-state index contributed by atoms with van der Waals surface area (Å²) < 4.78 is 5.46. The smallest absolute Gasteiger partial charge is 0.277 e. The van der Waals surface area contributed by atoms with Gasteiger partial charge < -0.3 is 9.84 Å². The van der Waals surface area contributed by atoms with Gasteiger partial charge in [-0.05, 0) is 48.2 Å². The molecule has 2 aromatic rings. The van der Waals surface area contributed by atoms with E-state index in [2.05, 4.69) is 31.3 Å². The summed E-state index contributed by atoms with van der Waals surface area (Å²) in [5.74, 6) is 0.257. The first-order valence-corrected chi connectivity index (χ1v) is 8.60. The number of nitrogens with zero attached hydrogens (tertiary/aromatic N) is 1. The highest BCUT2D eigenvalue weighted by Crippen LogP contribution is 2.24. The number of carbonyl (C=O) groups is 1. The second kappa shape index (κ2) is 8.23. The number of carbonyl (C=O) groups excluding carboxylic acids is 1. The number of rotatable bonds is 5. The van der Waals surface area contributed by atoms with Crippen LogP contribution in [0.2, 0.25) is 5.02 Å². The standard InChI is InChI=1S/C20H23ClN2O3/c1-13(17-11-15(21)7-10-18(17)24)22-23-19(25)12-26-16-8-5-14(6-9-16)20(2,3)4/h5-11,24H,12H2,1-4H3,(H,23,25)/b22-13+. The Labute approximate surface area is 158 Å². The van der Waals surface area contributed by atoms with Crippen LogP contribution in [0.5, 0.6) is 11.5 Å². The van der Waals surface area contributed by atoms with Gasteiger partial charge in [0.25, 0.3) is 5.91 Å². The molecule has 0 fully saturated rings. The minimum atomic E-state index is -0.397. The Morgan fingerprint density at radius 2 is 1.85 bits per heavy atom. The number of hydrogen-bond donors (Lipinski definition) is 2. The van der Waals surface area contributed by atoms with Crippen molar-refractivity contribution in [3.05, 3.63) is 58.6 Å². The van der Waals surface area contributed by atoms with Crippen LogP contribution < -0.4 is 10.2 Å². The fraction of sp³-hybridized carbons (Fsp3) is 0.300. The lowest BCUT2D eigenvalue weighted by Crippen LogP contribution is -2.25. The van der Waals surface area contributed by atoms with Crippen LogP contribution >= 0.6 is 11.6 Å². The van der Waals surface area contributed by atoms with Crippen LogP contribution in [-0.2, 0) is 10.2 Å². The lowest BCUT2D eigenvalue weighted by atomic mass is 9.87. The summed E-state index contributed by atoms with van der Waals surface area (Å²) in [6, 6.07) is 12.3. The molecule has 2 rings (SSSR count). The van der Waals surface area contributed by atoms with Crippen molar-refractivity contribution >= 4 is 23.2 Å². The van der Waals surface area contributed by atoms with Crippen molar-refractivity contribution in [1.82, 2.24) is 5.43 Å². The van der Waals surface area contributed by atoms with E-state index in [1.54, 1.807) is 19.1 Å². The molecule has 0 atom stereocenters. The number of halogens is 1. The van der Waals surface area contributed by atoms with E-state index in [1.807, 2.05) is 24.3 Å². The molecule has 0 saturated heterocycles. The normalized spacial score (nSPS) is 12.0. The highest BCUT2D eigenvalue weighted by Gasteiger charge is 2.13. The van der Waals surface area contributed by atoms with E-state index >= 15 is 0 Å². The summed E-state index contributed by atoms with van der Waals surface area (Å²) >= 11 is 5.91. The van der Waals surface area contributed by atoms with E-state index < -0.39 is 5.91 Å². The first-order valence-electron chi connectivity index (χ1n) is 8.22. The molecule has 2 N–H and O–H groups in total. The van der Waals surface area contributed by atoms with Gasteiger partial charge in [-0.3, -0.25) is 4.79 Å². The molecule has 26 heavy (non-hydrogen) atoms. The Morgan fingerprint density at radius 3 is 2.46 bits per heavy atom. The van der Waals surface area contributed by atoms with Crippen LogP contribution in [0.25, 0.3) is 0 Å². The second-order valence-electron chi connectivity index (χ2n) is 6.96. The topological polar surface area (TPSA) is 70.9 Å². The first-order chi connectivity index (χ1) is 12.2. The lowest BCUT2D eigenvalue weighted by Gasteiger charge is -2.19. The van der Waals surface area contributed by atoms with Gasteiger partial charge in [0.1, 0.15) is 11.5 Å². The number of amides is 1. The van der Waals surface area contributed by atoms with E-state index in [-0.39, 0.29) is 17.8 Å². The summed E-state index contributed by atoms with van der Waals surface area (Å²) in [5, 5.41) is 14.3. The number of phenolic OH excluding ortho intramolecular Hbond substituents is 1. The van der Waals surface area contributed by atoms with Gasteiger partial charge in [-0.15, -0.1) is 0 Å². The van der Waals surface area contributed by atoms with E-state index in [0.29, 0.717) is 22.0 Å². The van der Waals surface area contributed by atoms with Crippen molar-refractivity contribution in [2.24, 2.45) is 5.10 Å². The quantitative estimate of drug-likeness (QED) is 0.606. The Balaban J connectivity index is 1.91. The molecule has 0 spiro atoms. The van der Waals surface area contributed by atoms with Crippen molar-refractivity contribution in [2.45, 2.75) is 33.1 Å². The third-order valence-electron chi connectivity index (χ3n) is 3.79. The van der Waals surface area contributed by atoms with Crippen LogP contribution in [0.1, 0.15) is 38.8 Å². The van der Waals surface area contributed by atoms with Crippen LogP contribution in [0.15, 0.2) is 47.6 Å². The highest BCUT2D eigenvalue weighted by molar-refractivity contribution is 6.31. The second-order valence-corrected chi connectivity index (χ2v) is 7.39. The van der Waals surface area contributed by atoms with Gasteiger partial charge in [-0.1, -0.05) is 44.5 Å². The van der Waals surface area contributed by atoms with Gasteiger partial charge in [0.2, 0.25) is 0 Å². The van der Waals surface area contributed by atoms with Gasteiger partial charge in [0.05, 0.1) is 5.71 Å². The molecule has 0 aliphatic carbocycles. The maximum absolute atomic E-state index is 11.9. The van der Waals surface area contributed by atoms with E-state index in [1.165, 1.54) is 11.6 Å². The van der Waals surface area contributed by atoms with Crippen LogP contribution in [0.3, 0.4) is 0 Å². The number of hydrogen-bond acceptors (Lipinski definition) is 4. The highest BCUT2D eigenvalue weighted by atomic mass is 35.5. The number of hydrazone groups is 1. The third kappa shape index (κ3) is 5.49. The summed E-state index contributed by atoms with van der Waals surface area (Å²) in [5.41, 5.74) is 4.55. The average Bonchev–Trinajstić information content (AvgIpc) is 2.59. The van der Waals surface area contributed by atoms with Crippen LogP contribution in [0, 0.1) is 0 Å². The van der Waals surface area contributed by atoms with Gasteiger partial charge >= 0.3 is 0 Å². The molecule has 0 heterocycles. The molecule has 0 saturated carbocycles. The lowest BCUT2D eigenvalue weighted by molar-refractivity contribution is -0.123. The van der Waals surface area contributed by atoms with Crippen molar-refractivity contribution in [3.63, 3.8) is 0 Å². The molecule has 5 nitrogen and oxygen atoms in total. The molecule has 6 heteroatoms. The predicted octanol–water partition coefficient (Wildman–Crippen LogP) is 4.26. The molecule has 0 aliphatic heterocycles. The molecule has 2 aromatic carbocycles. The SMILES string of the molecule is C/C(=N\NC(=O)COc1ccc(C(C)(C)C)cc1)c1cc(Cl)ccc1O. The van der Waals surface area contributed by atoms with Crippen LogP contribution in [0.4, 0.5) is 0 Å². The number of phenols is 1. The van der Waals surface area contributed by atoms with Crippen molar-refractivity contribution in [1.29, 1.82) is 0 Å². The zero-order valence-corrected chi connectivity index (χ0v) is 16.1. The summed E-state index contributed by atoms with van der Waals surface area (Å²) in [4.78, 5) is 11.9. The number of benzene rings is 2. The number of nitrogens with one attached hydrogen (secondary N) is 1. The molecule has 0 radical (unpaired) electrons. The molecule has 1 amide bonds. The Bertz CT molecular complexity index is 809. The van der Waals surface area contributed by atoms with E-state index in [4.69, 9.17) is 16.3 Å². The van der Waals surface area contributed by atoms with E-state index in [0.717, 1.165) is 0 Å². The summed E-state index contributed by atoms with van der Waals surface area (Å²) in [7, 11) is 0. The zero-order valence-electron chi connectivity index (χ0n) is 15.3. The van der Waals surface area contributed by atoms with Crippen molar-refractivity contribution < 1.29 is 14.6 Å². The summed E-state index contributed by atoms with van der Waals surface area (Å²) in [6.45, 7) is 7.90. The van der Waals surface area contributed by atoms with Gasteiger partial charge in [0.15, 0.2) is 6.61 Å². The molecule has 0 aliphatic rings. The number of ether oxygens (including phenoxy) is 1. The molecular formula is C20H23ClN2O3. The maximum atomic E-state index is 11.9. The zero-order chi connectivity index (χ0) is 19.3. The average molecular weight is 375 g/mol. The van der Waals surface area contributed by atoms with E-state index in [9.17, 15) is 9.90 Å². The minimum absolute atomic E-state index is 0.0417. The predicted molar refractivity (Wildman–Crippen MR) is 104 cm³/mol. The monoisotopic (exact) mass is 374 g/mol. The molecule has 138 valence electrons. The minimum Gasteiger partial charge on any atom is -0.507 e.